The van der Waals surface area contributed by atoms with E-state index in [1.165, 1.54) is 12.1 Å². The molecule has 17 heavy (non-hydrogen) atoms. The molecule has 0 amide bonds. The fourth-order valence-electron chi connectivity index (χ4n) is 1.41. The van der Waals surface area contributed by atoms with Crippen molar-refractivity contribution in [1.29, 1.82) is 0 Å². The Kier molecular flexibility index (Phi) is 3.40. The molecule has 0 spiro atoms. The standard InChI is InChI=1S/C10H12INO5/c1-12-4-5-16-7-2-3-9-8(6-7)10(13)17-11(9,14)15/h2-3,6,12H,4-5H2,1H3,(H,14,15). The third kappa shape index (κ3) is 2.45. The van der Waals surface area contributed by atoms with Gasteiger partial charge in [-0.25, -0.2) is 0 Å². The molecule has 1 aromatic carbocycles. The predicted molar refractivity (Wildman–Crippen MR) is 66.9 cm³/mol. The van der Waals surface area contributed by atoms with Gasteiger partial charge in [0.15, 0.2) is 0 Å². The van der Waals surface area contributed by atoms with E-state index < -0.39 is 25.2 Å². The third-order valence-electron chi connectivity index (χ3n) is 2.21. The monoisotopic (exact) mass is 353 g/mol. The molecule has 0 fully saturated rings. The molecular formula is C10H12INO5. The predicted octanol–water partition coefficient (Wildman–Crippen LogP) is 0.835. The summed E-state index contributed by atoms with van der Waals surface area (Å²) in [5, 5.41) is 2.91. The van der Waals surface area contributed by atoms with Crippen LogP contribution in [0.4, 0.5) is 0 Å². The third-order valence-corrected chi connectivity index (χ3v) is 5.62. The minimum atomic E-state index is -4.69. The van der Waals surface area contributed by atoms with E-state index in [9.17, 15) is 11.3 Å². The number of hydrogen-bond acceptors (Lipinski definition) is 5. The first kappa shape index (κ1) is 12.4. The molecule has 2 rings (SSSR count). The molecule has 0 saturated heterocycles. The Bertz CT molecular complexity index is 501. The van der Waals surface area contributed by atoms with Crippen molar-refractivity contribution in [2.75, 3.05) is 20.2 Å². The van der Waals surface area contributed by atoms with Crippen molar-refractivity contribution in [2.24, 2.45) is 0 Å². The summed E-state index contributed by atoms with van der Waals surface area (Å²) in [6.07, 6.45) is 0. The number of benzene rings is 1. The number of rotatable bonds is 4. The molecule has 1 unspecified atom stereocenters. The number of carbonyl (C=O) groups excluding carboxylic acids is 1. The average Bonchev–Trinajstić information content (AvgIpc) is 2.50. The van der Waals surface area contributed by atoms with E-state index in [1.807, 2.05) is 0 Å². The van der Waals surface area contributed by atoms with Crippen LogP contribution < -0.4 is 10.1 Å². The van der Waals surface area contributed by atoms with Gasteiger partial charge < -0.3 is 0 Å². The number of fused-ring (bicyclic) bond motifs is 1. The summed E-state index contributed by atoms with van der Waals surface area (Å²) >= 11 is -4.69. The van der Waals surface area contributed by atoms with E-state index in [0.29, 0.717) is 18.9 Å². The molecule has 0 bridgehead atoms. The van der Waals surface area contributed by atoms with Crippen molar-refractivity contribution in [3.63, 3.8) is 0 Å². The van der Waals surface area contributed by atoms with Crippen LogP contribution in [0.5, 0.6) is 5.75 Å². The number of halogens is 1. The van der Waals surface area contributed by atoms with Gasteiger partial charge in [0.05, 0.1) is 0 Å². The van der Waals surface area contributed by atoms with Crippen LogP contribution in [-0.4, -0.2) is 29.6 Å². The Morgan fingerprint density at radius 2 is 2.29 bits per heavy atom. The first-order valence-corrected chi connectivity index (χ1v) is 8.71. The number of ether oxygens (including phenoxy) is 1. The topological polar surface area (TPSA) is 84.9 Å². The molecule has 6 nitrogen and oxygen atoms in total. The maximum absolute atomic E-state index is 11.5. The molecule has 1 heterocycles. The second kappa shape index (κ2) is 4.67. The number of likely N-dealkylation sites (N-methyl/N-ethyl adjacent to an activating group) is 1. The van der Waals surface area contributed by atoms with Crippen molar-refractivity contribution in [1.82, 2.24) is 5.32 Å². The van der Waals surface area contributed by atoms with Crippen LogP contribution in [0.15, 0.2) is 18.2 Å². The molecule has 0 saturated carbocycles. The summed E-state index contributed by atoms with van der Waals surface area (Å²) in [7, 11) is 1.80. The number of carbonyl (C=O) groups is 1. The Morgan fingerprint density at radius 1 is 1.53 bits per heavy atom. The van der Waals surface area contributed by atoms with E-state index in [0.717, 1.165) is 0 Å². The molecule has 0 aliphatic carbocycles. The van der Waals surface area contributed by atoms with Gasteiger partial charge in [0, 0.05) is 0 Å². The maximum atomic E-state index is 11.5. The zero-order chi connectivity index (χ0) is 12.5. The van der Waals surface area contributed by atoms with Gasteiger partial charge in [0.2, 0.25) is 0 Å². The van der Waals surface area contributed by atoms with Gasteiger partial charge in [-0.2, -0.15) is 0 Å². The van der Waals surface area contributed by atoms with Gasteiger partial charge >= 0.3 is 103 Å². The van der Waals surface area contributed by atoms with Gasteiger partial charge in [-0.15, -0.1) is 0 Å². The Morgan fingerprint density at radius 3 is 3.00 bits per heavy atom. The van der Waals surface area contributed by atoms with E-state index in [1.54, 1.807) is 13.1 Å². The van der Waals surface area contributed by atoms with Gasteiger partial charge in [-0.3, -0.25) is 0 Å². The molecule has 0 radical (unpaired) electrons. The van der Waals surface area contributed by atoms with Crippen molar-refractivity contribution in [2.45, 2.75) is 0 Å². The number of hydrogen-bond donors (Lipinski definition) is 2. The van der Waals surface area contributed by atoms with Crippen molar-refractivity contribution in [3.8, 4) is 5.75 Å². The summed E-state index contributed by atoms with van der Waals surface area (Å²) < 4.78 is 30.9. The van der Waals surface area contributed by atoms with Crippen LogP contribution in [0, 0.1) is 3.57 Å². The molecule has 1 atom stereocenters. The van der Waals surface area contributed by atoms with E-state index in [4.69, 9.17) is 4.74 Å². The summed E-state index contributed by atoms with van der Waals surface area (Å²) in [5.74, 6) is -0.275. The minimum absolute atomic E-state index is 0.0999. The first-order valence-electron chi connectivity index (χ1n) is 4.91. The summed E-state index contributed by atoms with van der Waals surface area (Å²) in [6, 6.07) is 4.41. The van der Waals surface area contributed by atoms with Crippen molar-refractivity contribution >= 4 is 25.2 Å². The van der Waals surface area contributed by atoms with Crippen molar-refractivity contribution in [3.05, 3.63) is 27.3 Å². The fraction of sp³-hybridized carbons (Fsp3) is 0.300. The molecule has 2 N–H and O–H groups in total. The van der Waals surface area contributed by atoms with Gasteiger partial charge in [-0.1, -0.05) is 0 Å². The number of nitrogens with one attached hydrogen (secondary N) is 1. The molecule has 1 aliphatic heterocycles. The van der Waals surface area contributed by atoms with E-state index >= 15 is 0 Å². The molecular weight excluding hydrogens is 341 g/mol. The first-order chi connectivity index (χ1) is 8.04. The Balaban J connectivity index is 2.23. The SMILES string of the molecule is CNCCOc1ccc2c(c1)C(=O)OI2(=O)O. The zero-order valence-corrected chi connectivity index (χ0v) is 11.3. The van der Waals surface area contributed by atoms with Crippen LogP contribution >= 0.6 is 19.3 Å². The van der Waals surface area contributed by atoms with Gasteiger partial charge in [0.1, 0.15) is 0 Å². The van der Waals surface area contributed by atoms with E-state index in [-0.39, 0.29) is 9.13 Å². The van der Waals surface area contributed by atoms with Crippen LogP contribution in [0.3, 0.4) is 0 Å². The summed E-state index contributed by atoms with van der Waals surface area (Å²) in [5.41, 5.74) is 0.126. The van der Waals surface area contributed by atoms with Crippen LogP contribution in [0.1, 0.15) is 10.4 Å². The van der Waals surface area contributed by atoms with E-state index in [2.05, 4.69) is 8.38 Å². The van der Waals surface area contributed by atoms with Gasteiger partial charge in [0.25, 0.3) is 0 Å². The fourth-order valence-corrected chi connectivity index (χ4v) is 4.17. The Hall–Kier alpha value is -1.06. The molecule has 0 aromatic heterocycles. The Labute approximate surface area is 103 Å². The second-order valence-corrected chi connectivity index (χ2v) is 7.51. The second-order valence-electron chi connectivity index (χ2n) is 3.40. The molecule has 94 valence electrons. The summed E-state index contributed by atoms with van der Waals surface area (Å²) in [4.78, 5) is 11.4. The van der Waals surface area contributed by atoms with Gasteiger partial charge in [-0.05, 0) is 0 Å². The zero-order valence-electron chi connectivity index (χ0n) is 9.10. The average molecular weight is 353 g/mol. The van der Waals surface area contributed by atoms with Crippen molar-refractivity contribution < 1.29 is 19.1 Å². The normalized spacial score (nSPS) is 25.9. The summed E-state index contributed by atoms with van der Waals surface area (Å²) in [6.45, 7) is 1.12. The van der Waals surface area contributed by atoms with Crippen LogP contribution in [0.25, 0.3) is 0 Å². The van der Waals surface area contributed by atoms with Crippen LogP contribution in [0.2, 0.25) is 0 Å². The molecule has 1 aliphatic rings. The van der Waals surface area contributed by atoms with Crippen LogP contribution in [-0.2, 0) is 6.14 Å². The quantitative estimate of drug-likeness (QED) is 0.616. The molecule has 7 heteroatoms. The molecule has 1 aromatic rings.